The lowest BCUT2D eigenvalue weighted by Crippen LogP contribution is -2.05. The van der Waals surface area contributed by atoms with Crippen LogP contribution in [-0.2, 0) is 0 Å². The van der Waals surface area contributed by atoms with Gasteiger partial charge in [0.25, 0.3) is 0 Å². The van der Waals surface area contributed by atoms with Crippen molar-refractivity contribution >= 4 is 32.5 Å². The van der Waals surface area contributed by atoms with E-state index in [1.54, 1.807) is 12.3 Å². The number of hydrogen-bond acceptors (Lipinski definition) is 2. The van der Waals surface area contributed by atoms with Crippen LogP contribution < -0.4 is 0 Å². The summed E-state index contributed by atoms with van der Waals surface area (Å²) in [5.74, 6) is -0.0655. The number of carbonyl (C=O) groups is 1. The molecule has 0 saturated heterocycles. The van der Waals surface area contributed by atoms with Crippen molar-refractivity contribution in [2.45, 2.75) is 0 Å². The Bertz CT molecular complexity index is 762. The number of pyridine rings is 1. The van der Waals surface area contributed by atoms with Gasteiger partial charge in [0, 0.05) is 21.6 Å². The van der Waals surface area contributed by atoms with Crippen molar-refractivity contribution < 1.29 is 4.79 Å². The first-order chi connectivity index (χ1) is 9.27. The van der Waals surface area contributed by atoms with E-state index in [4.69, 9.17) is 0 Å². The standard InChI is InChI=1S/C16H10BrNO/c17-14-8-4-3-7-13(14)16(19)15-12-6-2-1-5-11(12)9-10-18-15/h1-10H. The van der Waals surface area contributed by atoms with Gasteiger partial charge in [0.1, 0.15) is 5.69 Å². The summed E-state index contributed by atoms with van der Waals surface area (Å²) in [6, 6.07) is 17.1. The minimum Gasteiger partial charge on any atom is -0.287 e. The summed E-state index contributed by atoms with van der Waals surface area (Å²) in [7, 11) is 0. The van der Waals surface area contributed by atoms with E-state index in [-0.39, 0.29) is 5.78 Å². The van der Waals surface area contributed by atoms with Gasteiger partial charge in [-0.05, 0) is 23.6 Å². The molecule has 3 aromatic rings. The Balaban J connectivity index is 2.20. The number of ketones is 1. The van der Waals surface area contributed by atoms with Gasteiger partial charge in [-0.2, -0.15) is 0 Å². The van der Waals surface area contributed by atoms with Gasteiger partial charge in [0.15, 0.2) is 0 Å². The monoisotopic (exact) mass is 311 g/mol. The highest BCUT2D eigenvalue weighted by atomic mass is 79.9. The average molecular weight is 312 g/mol. The molecular formula is C16H10BrNO. The zero-order valence-corrected chi connectivity index (χ0v) is 11.6. The molecule has 3 heteroatoms. The van der Waals surface area contributed by atoms with Crippen LogP contribution in [0, 0.1) is 0 Å². The van der Waals surface area contributed by atoms with Crippen LogP contribution in [0.15, 0.2) is 65.3 Å². The van der Waals surface area contributed by atoms with E-state index in [1.807, 2.05) is 48.5 Å². The van der Waals surface area contributed by atoms with Gasteiger partial charge in [0.05, 0.1) is 0 Å². The highest BCUT2D eigenvalue weighted by Crippen LogP contribution is 2.23. The number of nitrogens with zero attached hydrogens (tertiary/aromatic N) is 1. The Morgan fingerprint density at radius 1 is 0.947 bits per heavy atom. The predicted octanol–water partition coefficient (Wildman–Crippen LogP) is 4.23. The highest BCUT2D eigenvalue weighted by Gasteiger charge is 2.15. The Morgan fingerprint density at radius 2 is 1.68 bits per heavy atom. The third-order valence-corrected chi connectivity index (χ3v) is 3.70. The van der Waals surface area contributed by atoms with Crippen LogP contribution >= 0.6 is 15.9 Å². The molecule has 19 heavy (non-hydrogen) atoms. The Hall–Kier alpha value is -2.00. The van der Waals surface area contributed by atoms with Crippen LogP contribution in [0.3, 0.4) is 0 Å². The lowest BCUT2D eigenvalue weighted by atomic mass is 10.0. The molecule has 0 aliphatic carbocycles. The maximum atomic E-state index is 12.6. The van der Waals surface area contributed by atoms with Crippen molar-refractivity contribution in [3.63, 3.8) is 0 Å². The third-order valence-electron chi connectivity index (χ3n) is 3.01. The predicted molar refractivity (Wildman–Crippen MR) is 79.3 cm³/mol. The smallest absolute Gasteiger partial charge is 0.213 e. The molecular weight excluding hydrogens is 302 g/mol. The number of fused-ring (bicyclic) bond motifs is 1. The van der Waals surface area contributed by atoms with Crippen LogP contribution in [-0.4, -0.2) is 10.8 Å². The summed E-state index contributed by atoms with van der Waals surface area (Å²) in [4.78, 5) is 16.8. The molecule has 0 aliphatic heterocycles. The zero-order valence-electron chi connectivity index (χ0n) is 10.0. The van der Waals surface area contributed by atoms with Gasteiger partial charge in [-0.3, -0.25) is 9.78 Å². The van der Waals surface area contributed by atoms with Gasteiger partial charge in [-0.25, -0.2) is 0 Å². The van der Waals surface area contributed by atoms with E-state index in [0.717, 1.165) is 15.2 Å². The van der Waals surface area contributed by atoms with Gasteiger partial charge < -0.3 is 0 Å². The second-order valence-electron chi connectivity index (χ2n) is 4.19. The van der Waals surface area contributed by atoms with Crippen molar-refractivity contribution in [3.05, 3.63) is 76.5 Å². The van der Waals surface area contributed by atoms with Crippen molar-refractivity contribution in [1.29, 1.82) is 0 Å². The fourth-order valence-electron chi connectivity index (χ4n) is 2.07. The van der Waals surface area contributed by atoms with E-state index < -0.39 is 0 Å². The number of carbonyl (C=O) groups excluding carboxylic acids is 1. The molecule has 3 rings (SSSR count). The van der Waals surface area contributed by atoms with Crippen LogP contribution in [0.5, 0.6) is 0 Å². The van der Waals surface area contributed by atoms with Crippen LogP contribution in [0.2, 0.25) is 0 Å². The van der Waals surface area contributed by atoms with Gasteiger partial charge in [-0.15, -0.1) is 0 Å². The summed E-state index contributed by atoms with van der Waals surface area (Å²) >= 11 is 3.41. The molecule has 0 saturated carbocycles. The number of benzene rings is 2. The Morgan fingerprint density at radius 3 is 2.53 bits per heavy atom. The van der Waals surface area contributed by atoms with Crippen LogP contribution in [0.1, 0.15) is 16.1 Å². The first-order valence-electron chi connectivity index (χ1n) is 5.90. The topological polar surface area (TPSA) is 30.0 Å². The Kier molecular flexibility index (Phi) is 3.13. The van der Waals surface area contributed by atoms with E-state index in [1.165, 1.54) is 0 Å². The van der Waals surface area contributed by atoms with Crippen molar-refractivity contribution in [3.8, 4) is 0 Å². The van der Waals surface area contributed by atoms with Crippen molar-refractivity contribution in [1.82, 2.24) is 4.98 Å². The SMILES string of the molecule is O=C(c1ccccc1Br)c1nccc2ccccc12. The Labute approximate surface area is 119 Å². The normalized spacial score (nSPS) is 10.6. The van der Waals surface area contributed by atoms with E-state index in [9.17, 15) is 4.79 Å². The molecule has 1 aromatic heterocycles. The molecule has 0 N–H and O–H groups in total. The van der Waals surface area contributed by atoms with Crippen molar-refractivity contribution in [2.75, 3.05) is 0 Å². The second kappa shape index (κ2) is 4.94. The number of aromatic nitrogens is 1. The first-order valence-corrected chi connectivity index (χ1v) is 6.69. The minimum atomic E-state index is -0.0655. The maximum Gasteiger partial charge on any atom is 0.213 e. The molecule has 0 amide bonds. The fraction of sp³-hybridized carbons (Fsp3) is 0. The number of rotatable bonds is 2. The van der Waals surface area contributed by atoms with E-state index >= 15 is 0 Å². The minimum absolute atomic E-state index is 0.0655. The molecule has 2 nitrogen and oxygen atoms in total. The van der Waals surface area contributed by atoms with E-state index in [2.05, 4.69) is 20.9 Å². The molecule has 0 radical (unpaired) electrons. The van der Waals surface area contributed by atoms with Crippen LogP contribution in [0.4, 0.5) is 0 Å². The highest BCUT2D eigenvalue weighted by molar-refractivity contribution is 9.10. The molecule has 0 aliphatic rings. The van der Waals surface area contributed by atoms with E-state index in [0.29, 0.717) is 11.3 Å². The lowest BCUT2D eigenvalue weighted by Gasteiger charge is -2.06. The van der Waals surface area contributed by atoms with Crippen LogP contribution in [0.25, 0.3) is 10.8 Å². The van der Waals surface area contributed by atoms with Gasteiger partial charge in [0.2, 0.25) is 5.78 Å². The molecule has 0 bridgehead atoms. The number of hydrogen-bond donors (Lipinski definition) is 0. The average Bonchev–Trinajstić information content (AvgIpc) is 2.46. The molecule has 0 spiro atoms. The summed E-state index contributed by atoms with van der Waals surface area (Å²) in [5.41, 5.74) is 1.12. The first kappa shape index (κ1) is 12.1. The summed E-state index contributed by atoms with van der Waals surface area (Å²) in [5, 5.41) is 1.90. The quantitative estimate of drug-likeness (QED) is 0.663. The second-order valence-corrected chi connectivity index (χ2v) is 5.04. The third kappa shape index (κ3) is 2.17. The number of halogens is 1. The summed E-state index contributed by atoms with van der Waals surface area (Å²) < 4.78 is 0.787. The molecule has 0 atom stereocenters. The lowest BCUT2D eigenvalue weighted by molar-refractivity contribution is 0.103. The maximum absolute atomic E-state index is 12.6. The van der Waals surface area contributed by atoms with Gasteiger partial charge >= 0.3 is 0 Å². The zero-order chi connectivity index (χ0) is 13.2. The largest absolute Gasteiger partial charge is 0.287 e. The molecule has 0 fully saturated rings. The molecule has 2 aromatic carbocycles. The molecule has 92 valence electrons. The molecule has 0 unspecified atom stereocenters. The molecule has 1 heterocycles. The van der Waals surface area contributed by atoms with Gasteiger partial charge in [-0.1, -0.05) is 52.3 Å². The summed E-state index contributed by atoms with van der Waals surface area (Å²) in [6.07, 6.45) is 1.67. The summed E-state index contributed by atoms with van der Waals surface area (Å²) in [6.45, 7) is 0. The fourth-order valence-corrected chi connectivity index (χ4v) is 2.54. The van der Waals surface area contributed by atoms with Crippen molar-refractivity contribution in [2.24, 2.45) is 0 Å².